The van der Waals surface area contributed by atoms with Crippen LogP contribution < -0.4 is 14.8 Å². The van der Waals surface area contributed by atoms with Crippen LogP contribution in [0.1, 0.15) is 50.4 Å². The maximum absolute atomic E-state index is 15.0. The Kier molecular flexibility index (Phi) is 6.43. The van der Waals surface area contributed by atoms with Crippen molar-refractivity contribution in [2.75, 3.05) is 12.4 Å². The Labute approximate surface area is 253 Å². The number of benzene rings is 4. The van der Waals surface area contributed by atoms with Gasteiger partial charge in [0.2, 0.25) is 5.91 Å². The first-order valence-electron chi connectivity index (χ1n) is 14.3. The highest BCUT2D eigenvalue weighted by Gasteiger charge is 2.70. The summed E-state index contributed by atoms with van der Waals surface area (Å²) in [5.74, 6) is -2.00. The van der Waals surface area contributed by atoms with Gasteiger partial charge in [-0.3, -0.25) is 19.2 Å². The molecule has 8 heteroatoms. The molecule has 1 N–H and O–H groups in total. The summed E-state index contributed by atoms with van der Waals surface area (Å²) in [5, 5.41) is 3.05. The van der Waals surface area contributed by atoms with E-state index in [1.54, 1.807) is 48.5 Å². The Morgan fingerprint density at radius 2 is 1.55 bits per heavy atom. The highest BCUT2D eigenvalue weighted by Crippen LogP contribution is 2.62. The van der Waals surface area contributed by atoms with Gasteiger partial charge < -0.3 is 19.7 Å². The summed E-state index contributed by atoms with van der Waals surface area (Å²) >= 11 is 0. The number of nitrogens with zero attached hydrogens (tertiary/aromatic N) is 1. The first-order chi connectivity index (χ1) is 21.4. The van der Waals surface area contributed by atoms with Crippen molar-refractivity contribution in [2.45, 2.75) is 24.4 Å². The fourth-order valence-corrected chi connectivity index (χ4v) is 7.21. The van der Waals surface area contributed by atoms with Crippen molar-refractivity contribution >= 4 is 35.2 Å². The Bertz CT molecular complexity index is 1880. The highest BCUT2D eigenvalue weighted by molar-refractivity contribution is 6.17. The summed E-state index contributed by atoms with van der Waals surface area (Å²) in [7, 11) is 1.49. The number of Topliss-reactive ketones (excluding diaryl/α,β-unsaturated/α-hetero) is 2. The van der Waals surface area contributed by atoms with Crippen LogP contribution in [0.4, 0.5) is 5.69 Å². The lowest BCUT2D eigenvalue weighted by Gasteiger charge is -2.38. The molecule has 4 atom stereocenters. The molecule has 3 aliphatic rings. The van der Waals surface area contributed by atoms with Crippen molar-refractivity contribution in [3.05, 3.63) is 131 Å². The number of nitrogens with one attached hydrogen (secondary N) is 1. The van der Waals surface area contributed by atoms with Gasteiger partial charge in [-0.2, -0.15) is 0 Å². The van der Waals surface area contributed by atoms with Gasteiger partial charge in [0.15, 0.2) is 11.6 Å². The Hall–Kier alpha value is -5.50. The van der Waals surface area contributed by atoms with Gasteiger partial charge in [0.05, 0.1) is 24.6 Å². The number of esters is 1. The molecule has 44 heavy (non-hydrogen) atoms. The van der Waals surface area contributed by atoms with Crippen LogP contribution in [0.25, 0.3) is 6.08 Å². The number of fused-ring (bicyclic) bond motifs is 6. The largest absolute Gasteiger partial charge is 0.496 e. The Morgan fingerprint density at radius 3 is 2.32 bits per heavy atom. The van der Waals surface area contributed by atoms with Gasteiger partial charge in [0, 0.05) is 24.4 Å². The molecule has 1 amide bonds. The third-order valence-corrected chi connectivity index (χ3v) is 8.89. The first-order valence-corrected chi connectivity index (χ1v) is 14.3. The van der Waals surface area contributed by atoms with E-state index in [4.69, 9.17) is 9.47 Å². The maximum atomic E-state index is 15.0. The number of carbonyl (C=O) groups is 4. The van der Waals surface area contributed by atoms with E-state index >= 15 is 0 Å². The van der Waals surface area contributed by atoms with Gasteiger partial charge in [-0.1, -0.05) is 54.6 Å². The highest BCUT2D eigenvalue weighted by atomic mass is 16.5. The van der Waals surface area contributed by atoms with Crippen molar-refractivity contribution in [3.8, 4) is 11.5 Å². The van der Waals surface area contributed by atoms with E-state index in [0.29, 0.717) is 28.3 Å². The number of ether oxygens (including phenoxy) is 2. The van der Waals surface area contributed by atoms with Crippen LogP contribution in [0.3, 0.4) is 0 Å². The van der Waals surface area contributed by atoms with E-state index < -0.39 is 29.4 Å². The van der Waals surface area contributed by atoms with Gasteiger partial charge in [-0.25, -0.2) is 0 Å². The van der Waals surface area contributed by atoms with Crippen molar-refractivity contribution in [3.63, 3.8) is 0 Å². The second-order valence-electron chi connectivity index (χ2n) is 11.1. The summed E-state index contributed by atoms with van der Waals surface area (Å²) in [5.41, 5.74) is 2.19. The zero-order valence-corrected chi connectivity index (χ0v) is 24.0. The second kappa shape index (κ2) is 10.3. The van der Waals surface area contributed by atoms with E-state index in [-0.39, 0.29) is 23.0 Å². The van der Waals surface area contributed by atoms with Crippen LogP contribution in [0.5, 0.6) is 11.5 Å². The average molecular weight is 585 g/mol. The predicted octanol–water partition coefficient (Wildman–Crippen LogP) is 5.60. The Morgan fingerprint density at radius 1 is 0.841 bits per heavy atom. The van der Waals surface area contributed by atoms with Crippen molar-refractivity contribution < 1.29 is 28.7 Å². The molecule has 1 saturated heterocycles. The standard InChI is InChI=1S/C36H28N2O6/c1-21(39)44-24-17-15-23(16-18-24)32(40)31-30(33(41)26-11-5-8-14-29(26)43-2)36(27-12-6-7-13-28(27)37-35(36)42)34-25-10-4-3-9-22(25)19-20-38(31)34/h3-20,30-31,34H,1-2H3,(H,37,42)/t30-,31+,34-,36+/m1/s1. The quantitative estimate of drug-likeness (QED) is 0.179. The number of para-hydroxylation sites is 2. The number of methoxy groups -OCH3 is 1. The zero-order valence-electron chi connectivity index (χ0n) is 24.0. The van der Waals surface area contributed by atoms with E-state index in [2.05, 4.69) is 5.32 Å². The van der Waals surface area contributed by atoms with Crippen molar-refractivity contribution in [1.82, 2.24) is 4.90 Å². The average Bonchev–Trinajstić information content (AvgIpc) is 3.52. The maximum Gasteiger partial charge on any atom is 0.308 e. The number of hydrogen-bond acceptors (Lipinski definition) is 7. The lowest BCUT2D eigenvalue weighted by atomic mass is 9.62. The molecule has 1 fully saturated rings. The summed E-state index contributed by atoms with van der Waals surface area (Å²) in [4.78, 5) is 57.6. The van der Waals surface area contributed by atoms with E-state index in [1.165, 1.54) is 14.0 Å². The van der Waals surface area contributed by atoms with E-state index in [9.17, 15) is 19.2 Å². The van der Waals surface area contributed by atoms with E-state index in [1.807, 2.05) is 65.7 Å². The number of amides is 1. The molecule has 218 valence electrons. The summed E-state index contributed by atoms with van der Waals surface area (Å²) < 4.78 is 10.8. The number of hydrogen-bond donors (Lipinski definition) is 1. The molecule has 0 bridgehead atoms. The lowest BCUT2D eigenvalue weighted by molar-refractivity contribution is -0.131. The minimum atomic E-state index is -1.45. The fourth-order valence-electron chi connectivity index (χ4n) is 7.21. The molecule has 4 aromatic carbocycles. The normalized spacial score (nSPS) is 22.5. The van der Waals surface area contributed by atoms with Crippen LogP contribution in [-0.2, 0) is 15.0 Å². The number of ketones is 2. The van der Waals surface area contributed by atoms with Crippen LogP contribution in [0, 0.1) is 5.92 Å². The second-order valence-corrected chi connectivity index (χ2v) is 11.1. The third kappa shape index (κ3) is 3.91. The van der Waals surface area contributed by atoms with Crippen LogP contribution in [0.2, 0.25) is 0 Å². The molecule has 3 aliphatic heterocycles. The summed E-state index contributed by atoms with van der Waals surface area (Å²) in [6, 6.07) is 26.6. The first kappa shape index (κ1) is 27.3. The topological polar surface area (TPSA) is 102 Å². The summed E-state index contributed by atoms with van der Waals surface area (Å²) in [6.45, 7) is 1.30. The van der Waals surface area contributed by atoms with Crippen molar-refractivity contribution in [1.29, 1.82) is 0 Å². The SMILES string of the molecule is COc1ccccc1C(=O)[C@H]1[C@@H](C(=O)c2ccc(OC(C)=O)cc2)N2C=Cc3ccccc3[C@@H]2[C@@]12C(=O)Nc1ccccc12. The minimum absolute atomic E-state index is 0.289. The molecule has 0 unspecified atom stereocenters. The molecular formula is C36H28N2O6. The molecule has 8 nitrogen and oxygen atoms in total. The number of anilines is 1. The molecule has 0 aliphatic carbocycles. The van der Waals surface area contributed by atoms with Crippen molar-refractivity contribution in [2.24, 2.45) is 5.92 Å². The van der Waals surface area contributed by atoms with Gasteiger partial charge in [-0.15, -0.1) is 0 Å². The third-order valence-electron chi connectivity index (χ3n) is 8.89. The molecule has 0 radical (unpaired) electrons. The molecule has 0 aromatic heterocycles. The van der Waals surface area contributed by atoms with Gasteiger partial charge in [0.25, 0.3) is 0 Å². The van der Waals surface area contributed by atoms with Gasteiger partial charge in [-0.05, 0) is 65.2 Å². The number of rotatable bonds is 6. The van der Waals surface area contributed by atoms with Gasteiger partial charge >= 0.3 is 5.97 Å². The Balaban J connectivity index is 1.49. The molecule has 0 saturated carbocycles. The predicted molar refractivity (Wildman–Crippen MR) is 163 cm³/mol. The van der Waals surface area contributed by atoms with E-state index in [0.717, 1.165) is 11.1 Å². The monoisotopic (exact) mass is 584 g/mol. The zero-order chi connectivity index (χ0) is 30.6. The van der Waals surface area contributed by atoms with Crippen LogP contribution in [-0.4, -0.2) is 41.5 Å². The molecular weight excluding hydrogens is 556 g/mol. The molecule has 1 spiro atoms. The molecule has 7 rings (SSSR count). The minimum Gasteiger partial charge on any atom is -0.496 e. The van der Waals surface area contributed by atoms with Crippen LogP contribution >= 0.6 is 0 Å². The number of carbonyl (C=O) groups excluding carboxylic acids is 4. The smallest absolute Gasteiger partial charge is 0.308 e. The molecule has 4 aromatic rings. The fraction of sp³-hybridized carbons (Fsp3) is 0.167. The summed E-state index contributed by atoms with van der Waals surface area (Å²) in [6.07, 6.45) is 3.74. The van der Waals surface area contributed by atoms with Gasteiger partial charge in [0.1, 0.15) is 23.0 Å². The van der Waals surface area contributed by atoms with Crippen LogP contribution in [0.15, 0.2) is 103 Å². The lowest BCUT2D eigenvalue weighted by Crippen LogP contribution is -2.49. The molecule has 3 heterocycles.